The van der Waals surface area contributed by atoms with Crippen LogP contribution in [-0.4, -0.2) is 26.8 Å². The number of halogens is 3. The van der Waals surface area contributed by atoms with Gasteiger partial charge in [-0.3, -0.25) is 4.40 Å². The number of hydrogen-bond acceptors (Lipinski definition) is 4. The number of rotatable bonds is 5. The number of pyridine rings is 1. The quantitative estimate of drug-likeness (QED) is 0.735. The largest absolute Gasteiger partial charge is 0.573 e. The van der Waals surface area contributed by atoms with E-state index in [0.717, 1.165) is 0 Å². The number of para-hydroxylation sites is 1. The van der Waals surface area contributed by atoms with Gasteiger partial charge in [0, 0.05) is 24.5 Å². The maximum Gasteiger partial charge on any atom is 0.573 e. The number of carbonyl (C=O) groups is 1. The van der Waals surface area contributed by atoms with Crippen molar-refractivity contribution in [3.05, 3.63) is 60.0 Å². The van der Waals surface area contributed by atoms with Crippen molar-refractivity contribution in [1.82, 2.24) is 9.38 Å². The van der Waals surface area contributed by atoms with Gasteiger partial charge in [0.1, 0.15) is 11.4 Å². The number of carboxylic acids is 1. The molecule has 25 heavy (non-hydrogen) atoms. The molecule has 0 aliphatic rings. The molecule has 0 spiro atoms. The minimum Gasteiger partial charge on any atom is -0.476 e. The average molecular weight is 351 g/mol. The number of fused-ring (bicyclic) bond motifs is 1. The van der Waals surface area contributed by atoms with Gasteiger partial charge in [0.05, 0.1) is 5.69 Å². The number of hydrogen-bond donors (Lipinski definition) is 2. The molecule has 3 aromatic rings. The molecule has 2 heterocycles. The maximum absolute atomic E-state index is 12.5. The molecule has 2 aromatic heterocycles. The monoisotopic (exact) mass is 351 g/mol. The fraction of sp³-hybridized carbons (Fsp3) is 0.125. The summed E-state index contributed by atoms with van der Waals surface area (Å²) in [6.07, 6.45) is -1.86. The Hall–Kier alpha value is -3.23. The molecule has 0 unspecified atom stereocenters. The number of aromatic nitrogens is 2. The van der Waals surface area contributed by atoms with Gasteiger partial charge in [-0.2, -0.15) is 0 Å². The van der Waals surface area contributed by atoms with Crippen molar-refractivity contribution < 1.29 is 27.8 Å². The minimum atomic E-state index is -4.81. The van der Waals surface area contributed by atoms with Crippen LogP contribution in [0.5, 0.6) is 5.75 Å². The van der Waals surface area contributed by atoms with Crippen molar-refractivity contribution in [2.45, 2.75) is 12.9 Å². The number of anilines is 1. The lowest BCUT2D eigenvalue weighted by atomic mass is 10.2. The summed E-state index contributed by atoms with van der Waals surface area (Å²) in [5, 5.41) is 12.3. The third kappa shape index (κ3) is 3.65. The summed E-state index contributed by atoms with van der Waals surface area (Å²) in [6.45, 7) is -0.0489. The summed E-state index contributed by atoms with van der Waals surface area (Å²) in [7, 11) is 0. The molecular formula is C16H12F3N3O3. The number of aromatic carboxylic acids is 1. The van der Waals surface area contributed by atoms with Gasteiger partial charge >= 0.3 is 12.3 Å². The van der Waals surface area contributed by atoms with Gasteiger partial charge in [0.2, 0.25) is 0 Å². The predicted octanol–water partition coefficient (Wildman–Crippen LogP) is 3.54. The summed E-state index contributed by atoms with van der Waals surface area (Å²) < 4.78 is 42.8. The Morgan fingerprint density at radius 1 is 1.24 bits per heavy atom. The van der Waals surface area contributed by atoms with Crippen LogP contribution in [0.4, 0.5) is 18.9 Å². The van der Waals surface area contributed by atoms with Crippen LogP contribution in [-0.2, 0) is 6.54 Å². The molecule has 1 aromatic carbocycles. The van der Waals surface area contributed by atoms with E-state index in [1.165, 1.54) is 41.1 Å². The van der Waals surface area contributed by atoms with E-state index >= 15 is 0 Å². The van der Waals surface area contributed by atoms with Crippen molar-refractivity contribution in [2.75, 3.05) is 5.32 Å². The number of nitrogens with one attached hydrogen (secondary N) is 1. The molecule has 6 nitrogen and oxygen atoms in total. The Morgan fingerprint density at radius 2 is 2.00 bits per heavy atom. The molecule has 0 radical (unpaired) electrons. The van der Waals surface area contributed by atoms with Gasteiger partial charge in [0.15, 0.2) is 5.69 Å². The lowest BCUT2D eigenvalue weighted by Gasteiger charge is -2.15. The molecule has 3 rings (SSSR count). The van der Waals surface area contributed by atoms with Crippen molar-refractivity contribution in [1.29, 1.82) is 0 Å². The zero-order valence-electron chi connectivity index (χ0n) is 12.6. The van der Waals surface area contributed by atoms with Crippen molar-refractivity contribution >= 4 is 17.3 Å². The molecule has 0 saturated carbocycles. The highest BCUT2D eigenvalue weighted by Gasteiger charge is 2.32. The van der Waals surface area contributed by atoms with Crippen molar-refractivity contribution in [3.8, 4) is 5.75 Å². The first-order valence-electron chi connectivity index (χ1n) is 7.12. The first kappa shape index (κ1) is 16.6. The van der Waals surface area contributed by atoms with Crippen LogP contribution < -0.4 is 10.1 Å². The van der Waals surface area contributed by atoms with E-state index in [1.54, 1.807) is 12.1 Å². The highest BCUT2D eigenvalue weighted by Crippen LogP contribution is 2.27. The zero-order valence-corrected chi connectivity index (χ0v) is 12.6. The van der Waals surface area contributed by atoms with Crippen LogP contribution in [0.1, 0.15) is 16.1 Å². The molecule has 0 bridgehead atoms. The van der Waals surface area contributed by atoms with Gasteiger partial charge in [-0.25, -0.2) is 9.78 Å². The van der Waals surface area contributed by atoms with Gasteiger partial charge in [0.25, 0.3) is 0 Å². The molecule has 0 fully saturated rings. The highest BCUT2D eigenvalue weighted by atomic mass is 19.4. The lowest BCUT2D eigenvalue weighted by Crippen LogP contribution is -2.19. The first-order chi connectivity index (χ1) is 11.8. The van der Waals surface area contributed by atoms with Crippen LogP contribution >= 0.6 is 0 Å². The van der Waals surface area contributed by atoms with E-state index < -0.39 is 12.3 Å². The van der Waals surface area contributed by atoms with Gasteiger partial charge < -0.3 is 15.2 Å². The average Bonchev–Trinajstić information content (AvgIpc) is 3.00. The SMILES string of the molecule is O=C(O)c1c(NCc2ccccc2OC(F)(F)F)ccc2nccn12. The Morgan fingerprint density at radius 3 is 2.72 bits per heavy atom. The summed E-state index contributed by atoms with van der Waals surface area (Å²) in [4.78, 5) is 15.5. The fourth-order valence-corrected chi connectivity index (χ4v) is 2.42. The predicted molar refractivity (Wildman–Crippen MR) is 82.6 cm³/mol. The van der Waals surface area contributed by atoms with Crippen molar-refractivity contribution in [2.24, 2.45) is 0 Å². The number of carboxylic acid groups (broad SMARTS) is 1. The number of nitrogens with zero attached hydrogens (tertiary/aromatic N) is 2. The Kier molecular flexibility index (Phi) is 4.22. The number of benzene rings is 1. The van der Waals surface area contributed by atoms with Crippen LogP contribution in [0, 0.1) is 0 Å². The summed E-state index contributed by atoms with van der Waals surface area (Å²) >= 11 is 0. The van der Waals surface area contributed by atoms with E-state index in [-0.39, 0.29) is 29.2 Å². The van der Waals surface area contributed by atoms with Gasteiger partial charge in [-0.15, -0.1) is 13.2 Å². The van der Waals surface area contributed by atoms with Gasteiger partial charge in [-0.05, 0) is 18.2 Å². The summed E-state index contributed by atoms with van der Waals surface area (Å²) in [5.74, 6) is -1.53. The number of imidazole rings is 1. The van der Waals surface area contributed by atoms with Crippen LogP contribution in [0.3, 0.4) is 0 Å². The smallest absolute Gasteiger partial charge is 0.476 e. The second-order valence-corrected chi connectivity index (χ2v) is 5.07. The van der Waals surface area contributed by atoms with Crippen LogP contribution in [0.2, 0.25) is 0 Å². The molecule has 2 N–H and O–H groups in total. The third-order valence-electron chi connectivity index (χ3n) is 3.43. The van der Waals surface area contributed by atoms with E-state index in [2.05, 4.69) is 15.0 Å². The number of alkyl halides is 3. The fourth-order valence-electron chi connectivity index (χ4n) is 2.42. The maximum atomic E-state index is 12.5. The summed E-state index contributed by atoms with van der Waals surface area (Å²) in [5.41, 5.74) is 0.870. The molecule has 0 atom stereocenters. The molecule has 130 valence electrons. The van der Waals surface area contributed by atoms with E-state index in [9.17, 15) is 23.1 Å². The molecule has 0 saturated heterocycles. The molecule has 9 heteroatoms. The summed E-state index contributed by atoms with van der Waals surface area (Å²) in [6, 6.07) is 8.76. The third-order valence-corrected chi connectivity index (χ3v) is 3.43. The Labute approximate surface area is 139 Å². The second kappa shape index (κ2) is 6.34. The lowest BCUT2D eigenvalue weighted by molar-refractivity contribution is -0.274. The van der Waals surface area contributed by atoms with Gasteiger partial charge in [-0.1, -0.05) is 18.2 Å². The molecule has 0 aliphatic carbocycles. The topological polar surface area (TPSA) is 75.9 Å². The van der Waals surface area contributed by atoms with Crippen molar-refractivity contribution in [3.63, 3.8) is 0 Å². The normalized spacial score (nSPS) is 11.5. The first-order valence-corrected chi connectivity index (χ1v) is 7.12. The zero-order chi connectivity index (χ0) is 18.0. The van der Waals surface area contributed by atoms with Crippen LogP contribution in [0.15, 0.2) is 48.8 Å². The number of ether oxygens (including phenoxy) is 1. The standard InChI is InChI=1S/C16H12F3N3O3/c17-16(18,19)25-12-4-2-1-3-10(12)9-21-11-5-6-13-20-7-8-22(13)14(11)15(23)24/h1-8,21H,9H2,(H,23,24). The second-order valence-electron chi connectivity index (χ2n) is 5.07. The Bertz CT molecular complexity index is 922. The molecule has 0 amide bonds. The van der Waals surface area contributed by atoms with E-state index in [4.69, 9.17) is 0 Å². The minimum absolute atomic E-state index is 0.0489. The molecule has 0 aliphatic heterocycles. The van der Waals surface area contributed by atoms with E-state index in [1.807, 2.05) is 0 Å². The molecular weight excluding hydrogens is 339 g/mol. The van der Waals surface area contributed by atoms with Crippen LogP contribution in [0.25, 0.3) is 5.65 Å². The van der Waals surface area contributed by atoms with E-state index in [0.29, 0.717) is 5.65 Å². The highest BCUT2D eigenvalue weighted by molar-refractivity contribution is 5.93. The Balaban J connectivity index is 1.89.